The first-order valence-corrected chi connectivity index (χ1v) is 5.65. The number of hydrogen-bond donors (Lipinski definition) is 0. The fourth-order valence-electron chi connectivity index (χ4n) is 1.42. The van der Waals surface area contributed by atoms with E-state index in [-0.39, 0.29) is 12.2 Å². The molecule has 0 saturated carbocycles. The third-order valence-corrected chi connectivity index (χ3v) is 2.33. The molecule has 1 aromatic carbocycles. The van der Waals surface area contributed by atoms with Crippen molar-refractivity contribution in [3.05, 3.63) is 35.9 Å². The predicted molar refractivity (Wildman–Crippen MR) is 65.6 cm³/mol. The van der Waals surface area contributed by atoms with Crippen molar-refractivity contribution in [2.45, 2.75) is 12.9 Å². The Morgan fingerprint density at radius 3 is 2.16 bits per heavy atom. The highest BCUT2D eigenvalue weighted by atomic mass is 16.9. The van der Waals surface area contributed by atoms with E-state index in [0.29, 0.717) is 0 Å². The average Bonchev–Trinajstić information content (AvgIpc) is 2.45. The lowest BCUT2D eigenvalue weighted by atomic mass is 10.1. The van der Waals surface area contributed by atoms with Crippen molar-refractivity contribution in [1.29, 1.82) is 0 Å². The molecule has 0 fully saturated rings. The summed E-state index contributed by atoms with van der Waals surface area (Å²) in [6.45, 7) is 1.73. The van der Waals surface area contributed by atoms with Crippen molar-refractivity contribution >= 4 is 11.9 Å². The highest BCUT2D eigenvalue weighted by Crippen LogP contribution is 2.21. The summed E-state index contributed by atoms with van der Waals surface area (Å²) in [5, 5.41) is 0. The zero-order chi connectivity index (χ0) is 14.3. The fourth-order valence-corrected chi connectivity index (χ4v) is 1.42. The Kier molecular flexibility index (Phi) is 5.47. The highest BCUT2D eigenvalue weighted by Gasteiger charge is 2.45. The Hall–Kier alpha value is -1.92. The number of carbonyl (C=O) groups excluding carboxylic acids is 2. The number of benzene rings is 1. The van der Waals surface area contributed by atoms with Gasteiger partial charge in [-0.05, 0) is 6.92 Å². The number of hydrogen-bond acceptors (Lipinski definition) is 6. The van der Waals surface area contributed by atoms with Gasteiger partial charge in [0.05, 0.1) is 6.61 Å². The average molecular weight is 268 g/mol. The van der Waals surface area contributed by atoms with Gasteiger partial charge in [0, 0.05) is 19.8 Å². The minimum Gasteiger partial charge on any atom is -0.434 e. The van der Waals surface area contributed by atoms with Gasteiger partial charge in [-0.1, -0.05) is 30.3 Å². The maximum atomic E-state index is 12.3. The van der Waals surface area contributed by atoms with Crippen LogP contribution in [0.3, 0.4) is 0 Å². The van der Waals surface area contributed by atoms with E-state index in [1.54, 1.807) is 37.3 Å². The zero-order valence-electron chi connectivity index (χ0n) is 11.0. The summed E-state index contributed by atoms with van der Waals surface area (Å²) in [4.78, 5) is 23.6. The summed E-state index contributed by atoms with van der Waals surface area (Å²) in [5.41, 5.74) is 0.287. The fraction of sp³-hybridized carbons (Fsp3) is 0.385. The lowest BCUT2D eigenvalue weighted by Gasteiger charge is -2.27. The smallest absolute Gasteiger partial charge is 0.434 e. The van der Waals surface area contributed by atoms with Crippen molar-refractivity contribution < 1.29 is 28.5 Å². The summed E-state index contributed by atoms with van der Waals surface area (Å²) in [6.07, 6.45) is -1.05. The standard InChI is InChI=1S/C13H16O6/c1-4-18-12(15)19-13(16-2,17-3)11(14)10-8-6-5-7-9-10/h5-9H,4H2,1-3H3. The third-order valence-electron chi connectivity index (χ3n) is 2.33. The number of methoxy groups -OCH3 is 2. The molecule has 0 spiro atoms. The van der Waals surface area contributed by atoms with Crippen molar-refractivity contribution in [3.8, 4) is 0 Å². The molecule has 0 heterocycles. The van der Waals surface area contributed by atoms with E-state index in [4.69, 9.17) is 14.2 Å². The Morgan fingerprint density at radius 2 is 1.68 bits per heavy atom. The third kappa shape index (κ3) is 3.52. The van der Waals surface area contributed by atoms with Crippen LogP contribution in [-0.4, -0.2) is 38.7 Å². The van der Waals surface area contributed by atoms with E-state index < -0.39 is 17.9 Å². The molecule has 0 aromatic heterocycles. The molecule has 6 heteroatoms. The molecule has 0 aliphatic carbocycles. The van der Waals surface area contributed by atoms with Gasteiger partial charge in [-0.25, -0.2) is 4.79 Å². The molecule has 19 heavy (non-hydrogen) atoms. The van der Waals surface area contributed by atoms with Crippen LogP contribution in [0.5, 0.6) is 0 Å². The van der Waals surface area contributed by atoms with E-state index in [1.807, 2.05) is 0 Å². The molecule has 0 bridgehead atoms. The van der Waals surface area contributed by atoms with Gasteiger partial charge in [-0.15, -0.1) is 0 Å². The molecular formula is C13H16O6. The van der Waals surface area contributed by atoms with Crippen LogP contribution < -0.4 is 0 Å². The first-order valence-electron chi connectivity index (χ1n) is 5.65. The van der Waals surface area contributed by atoms with Crippen molar-refractivity contribution in [2.75, 3.05) is 20.8 Å². The maximum absolute atomic E-state index is 12.3. The van der Waals surface area contributed by atoms with Gasteiger partial charge in [0.25, 0.3) is 5.78 Å². The van der Waals surface area contributed by atoms with Gasteiger partial charge >= 0.3 is 12.1 Å². The van der Waals surface area contributed by atoms with Crippen molar-refractivity contribution in [1.82, 2.24) is 0 Å². The van der Waals surface area contributed by atoms with Crippen LogP contribution in [-0.2, 0) is 18.9 Å². The molecular weight excluding hydrogens is 252 g/mol. The Bertz CT molecular complexity index is 424. The molecule has 0 radical (unpaired) electrons. The monoisotopic (exact) mass is 268 g/mol. The highest BCUT2D eigenvalue weighted by molar-refractivity contribution is 6.01. The predicted octanol–water partition coefficient (Wildman–Crippen LogP) is 1.99. The van der Waals surface area contributed by atoms with E-state index in [1.165, 1.54) is 14.2 Å². The van der Waals surface area contributed by atoms with Crippen molar-refractivity contribution in [3.63, 3.8) is 0 Å². The van der Waals surface area contributed by atoms with Gasteiger partial charge in [-0.2, -0.15) is 0 Å². The molecule has 6 nitrogen and oxygen atoms in total. The van der Waals surface area contributed by atoms with Crippen molar-refractivity contribution in [2.24, 2.45) is 0 Å². The lowest BCUT2D eigenvalue weighted by molar-refractivity contribution is -0.301. The van der Waals surface area contributed by atoms with Crippen LogP contribution in [0.4, 0.5) is 4.79 Å². The summed E-state index contributed by atoms with van der Waals surface area (Å²) < 4.78 is 19.3. The molecule has 1 aromatic rings. The molecule has 0 unspecified atom stereocenters. The van der Waals surface area contributed by atoms with Gasteiger partial charge in [0.2, 0.25) is 0 Å². The number of carbonyl (C=O) groups is 2. The van der Waals surface area contributed by atoms with Gasteiger partial charge < -0.3 is 18.9 Å². The Balaban J connectivity index is 2.98. The normalized spacial score (nSPS) is 10.9. The van der Waals surface area contributed by atoms with Gasteiger partial charge in [0.1, 0.15) is 0 Å². The van der Waals surface area contributed by atoms with Crippen LogP contribution in [0, 0.1) is 0 Å². The number of ketones is 1. The number of Topliss-reactive ketones (excluding diaryl/α,β-unsaturated/α-hetero) is 1. The van der Waals surface area contributed by atoms with Crippen LogP contribution in [0.25, 0.3) is 0 Å². The lowest BCUT2D eigenvalue weighted by Crippen LogP contribution is -2.47. The molecule has 0 aliphatic heterocycles. The second kappa shape index (κ2) is 6.86. The number of rotatable bonds is 6. The molecule has 0 amide bonds. The minimum atomic E-state index is -2.15. The van der Waals surface area contributed by atoms with Crippen LogP contribution in [0.15, 0.2) is 30.3 Å². The van der Waals surface area contributed by atoms with E-state index in [0.717, 1.165) is 0 Å². The second-order valence-electron chi connectivity index (χ2n) is 3.44. The quantitative estimate of drug-likeness (QED) is 0.446. The molecule has 104 valence electrons. The summed E-state index contributed by atoms with van der Waals surface area (Å²) in [5.74, 6) is -2.78. The van der Waals surface area contributed by atoms with E-state index in [9.17, 15) is 9.59 Å². The molecule has 0 atom stereocenters. The second-order valence-corrected chi connectivity index (χ2v) is 3.44. The Labute approximate surface area is 111 Å². The Morgan fingerprint density at radius 1 is 1.11 bits per heavy atom. The summed E-state index contributed by atoms with van der Waals surface area (Å²) in [6, 6.07) is 8.22. The summed E-state index contributed by atoms with van der Waals surface area (Å²) in [7, 11) is 2.40. The van der Waals surface area contributed by atoms with E-state index >= 15 is 0 Å². The summed E-state index contributed by atoms with van der Waals surface area (Å²) >= 11 is 0. The van der Waals surface area contributed by atoms with Crippen LogP contribution >= 0.6 is 0 Å². The maximum Gasteiger partial charge on any atom is 0.512 e. The largest absolute Gasteiger partial charge is 0.512 e. The molecule has 0 N–H and O–H groups in total. The zero-order valence-corrected chi connectivity index (χ0v) is 11.0. The molecule has 1 rings (SSSR count). The minimum absolute atomic E-state index is 0.113. The van der Waals surface area contributed by atoms with Gasteiger partial charge in [-0.3, -0.25) is 4.79 Å². The van der Waals surface area contributed by atoms with Crippen LogP contribution in [0.1, 0.15) is 17.3 Å². The van der Waals surface area contributed by atoms with Gasteiger partial charge in [0.15, 0.2) is 0 Å². The first kappa shape index (κ1) is 15.1. The molecule has 0 aliphatic rings. The first-order chi connectivity index (χ1) is 9.09. The number of ether oxygens (including phenoxy) is 4. The SMILES string of the molecule is CCOC(=O)OC(OC)(OC)C(=O)c1ccccc1. The molecule has 0 saturated heterocycles. The van der Waals surface area contributed by atoms with E-state index in [2.05, 4.69) is 4.74 Å². The topological polar surface area (TPSA) is 71.1 Å². The van der Waals surface area contributed by atoms with Crippen LogP contribution in [0.2, 0.25) is 0 Å².